The summed E-state index contributed by atoms with van der Waals surface area (Å²) >= 11 is 0. The topological polar surface area (TPSA) is 43.7 Å². The number of nitrogens with zero attached hydrogens (tertiary/aromatic N) is 1. The molecule has 15 heavy (non-hydrogen) atoms. The minimum Gasteiger partial charge on any atom is -0.396 e. The van der Waals surface area contributed by atoms with Crippen LogP contribution in [0.25, 0.3) is 0 Å². The van der Waals surface area contributed by atoms with Crippen molar-refractivity contribution < 1.29 is 23.4 Å². The predicted octanol–water partition coefficient (Wildman–Crippen LogP) is 1.00. The maximum atomic E-state index is 11.9. The average molecular weight is 229 g/mol. The van der Waals surface area contributed by atoms with E-state index in [0.29, 0.717) is 13.0 Å². The number of hydrogen-bond acceptors (Lipinski definition) is 3. The monoisotopic (exact) mass is 229 g/mol. The molecule has 0 saturated heterocycles. The number of rotatable bonds is 7. The highest BCUT2D eigenvalue weighted by Crippen LogP contribution is 2.20. The van der Waals surface area contributed by atoms with Crippen LogP contribution < -0.4 is 0 Å². The van der Waals surface area contributed by atoms with Gasteiger partial charge in [0.1, 0.15) is 0 Å². The Balaban J connectivity index is 3.60. The first kappa shape index (κ1) is 14.7. The fourth-order valence-corrected chi connectivity index (χ4v) is 1.16. The van der Waals surface area contributed by atoms with Crippen molar-refractivity contribution in [3.8, 4) is 0 Å². The Kier molecular flexibility index (Phi) is 6.87. The van der Waals surface area contributed by atoms with Gasteiger partial charge in [-0.3, -0.25) is 0 Å². The summed E-state index contributed by atoms with van der Waals surface area (Å²) in [6, 6.07) is 0. The van der Waals surface area contributed by atoms with E-state index in [1.807, 2.05) is 0 Å². The van der Waals surface area contributed by atoms with Crippen molar-refractivity contribution in [2.75, 3.05) is 26.7 Å². The van der Waals surface area contributed by atoms with Gasteiger partial charge in [-0.2, -0.15) is 13.2 Å². The molecule has 0 aromatic heterocycles. The van der Waals surface area contributed by atoms with Gasteiger partial charge in [-0.1, -0.05) is 0 Å². The Labute approximate surface area is 87.5 Å². The SMILES string of the molecule is CN(CCCCCO)CC(O)C(F)(F)F. The number of aliphatic hydroxyl groups excluding tert-OH is 2. The van der Waals surface area contributed by atoms with Gasteiger partial charge in [0.15, 0.2) is 6.10 Å². The number of halogens is 3. The first-order chi connectivity index (χ1) is 6.88. The second-order valence-corrected chi connectivity index (χ2v) is 3.60. The molecular formula is C9H18F3NO2. The predicted molar refractivity (Wildman–Crippen MR) is 50.5 cm³/mol. The number of aliphatic hydroxyl groups is 2. The minimum atomic E-state index is -4.54. The molecule has 0 rings (SSSR count). The van der Waals surface area contributed by atoms with Crippen LogP contribution in [0.1, 0.15) is 19.3 Å². The molecule has 0 fully saturated rings. The second kappa shape index (κ2) is 7.03. The zero-order valence-electron chi connectivity index (χ0n) is 8.80. The van der Waals surface area contributed by atoms with Crippen molar-refractivity contribution in [3.63, 3.8) is 0 Å². The third-order valence-electron chi connectivity index (χ3n) is 2.06. The van der Waals surface area contributed by atoms with Gasteiger partial charge in [-0.05, 0) is 32.9 Å². The van der Waals surface area contributed by atoms with E-state index >= 15 is 0 Å². The Morgan fingerprint density at radius 2 is 1.80 bits per heavy atom. The summed E-state index contributed by atoms with van der Waals surface area (Å²) in [6.45, 7) is 0.199. The van der Waals surface area contributed by atoms with Gasteiger partial charge in [0.05, 0.1) is 0 Å². The van der Waals surface area contributed by atoms with Crippen LogP contribution in [-0.4, -0.2) is 54.1 Å². The molecule has 0 aromatic carbocycles. The Hall–Kier alpha value is -0.330. The fraction of sp³-hybridized carbons (Fsp3) is 1.00. The maximum Gasteiger partial charge on any atom is 0.415 e. The molecule has 0 amide bonds. The van der Waals surface area contributed by atoms with Crippen LogP contribution in [0.5, 0.6) is 0 Å². The summed E-state index contributed by atoms with van der Waals surface area (Å²) in [5.74, 6) is 0. The van der Waals surface area contributed by atoms with Crippen molar-refractivity contribution >= 4 is 0 Å². The van der Waals surface area contributed by atoms with Crippen LogP contribution in [0, 0.1) is 0 Å². The van der Waals surface area contributed by atoms with Gasteiger partial charge in [0.2, 0.25) is 0 Å². The summed E-state index contributed by atoms with van der Waals surface area (Å²) in [5.41, 5.74) is 0. The summed E-state index contributed by atoms with van der Waals surface area (Å²) in [4.78, 5) is 1.44. The smallest absolute Gasteiger partial charge is 0.396 e. The Bertz CT molecular complexity index is 164. The first-order valence-electron chi connectivity index (χ1n) is 4.92. The number of alkyl halides is 3. The highest BCUT2D eigenvalue weighted by atomic mass is 19.4. The average Bonchev–Trinajstić information content (AvgIpc) is 2.11. The third-order valence-corrected chi connectivity index (χ3v) is 2.06. The van der Waals surface area contributed by atoms with Gasteiger partial charge < -0.3 is 15.1 Å². The van der Waals surface area contributed by atoms with Crippen molar-refractivity contribution in [1.29, 1.82) is 0 Å². The quantitative estimate of drug-likeness (QED) is 0.640. The highest BCUT2D eigenvalue weighted by Gasteiger charge is 2.38. The summed E-state index contributed by atoms with van der Waals surface area (Å²) in [5, 5.41) is 17.2. The molecule has 0 radical (unpaired) electrons. The van der Waals surface area contributed by atoms with E-state index in [-0.39, 0.29) is 6.61 Å². The number of likely N-dealkylation sites (N-methyl/N-ethyl adjacent to an activating group) is 1. The van der Waals surface area contributed by atoms with Gasteiger partial charge >= 0.3 is 6.18 Å². The van der Waals surface area contributed by atoms with E-state index < -0.39 is 18.8 Å². The molecule has 0 bridgehead atoms. The van der Waals surface area contributed by atoms with Gasteiger partial charge in [0, 0.05) is 13.2 Å². The van der Waals surface area contributed by atoms with Crippen LogP contribution in [0.2, 0.25) is 0 Å². The summed E-state index contributed by atoms with van der Waals surface area (Å²) < 4.78 is 35.8. The van der Waals surface area contributed by atoms with Crippen LogP contribution in [0.4, 0.5) is 13.2 Å². The van der Waals surface area contributed by atoms with Crippen molar-refractivity contribution in [2.45, 2.75) is 31.5 Å². The molecule has 0 aromatic rings. The van der Waals surface area contributed by atoms with Crippen LogP contribution in [0.15, 0.2) is 0 Å². The zero-order valence-corrected chi connectivity index (χ0v) is 8.80. The molecule has 0 heterocycles. The van der Waals surface area contributed by atoms with Crippen LogP contribution in [0.3, 0.4) is 0 Å². The van der Waals surface area contributed by atoms with E-state index in [2.05, 4.69) is 0 Å². The Morgan fingerprint density at radius 1 is 1.20 bits per heavy atom. The van der Waals surface area contributed by atoms with E-state index in [1.54, 1.807) is 0 Å². The molecule has 92 valence electrons. The molecule has 0 saturated carbocycles. The van der Waals surface area contributed by atoms with E-state index in [1.165, 1.54) is 11.9 Å². The molecule has 2 N–H and O–H groups in total. The lowest BCUT2D eigenvalue weighted by molar-refractivity contribution is -0.207. The lowest BCUT2D eigenvalue weighted by Crippen LogP contribution is -2.39. The van der Waals surface area contributed by atoms with Gasteiger partial charge in [-0.25, -0.2) is 0 Å². The molecule has 0 aliphatic heterocycles. The molecule has 3 nitrogen and oxygen atoms in total. The number of unbranched alkanes of at least 4 members (excludes halogenated alkanes) is 2. The van der Waals surface area contributed by atoms with Crippen LogP contribution >= 0.6 is 0 Å². The summed E-state index contributed by atoms with van der Waals surface area (Å²) in [6.07, 6.45) is -4.65. The Morgan fingerprint density at radius 3 is 2.27 bits per heavy atom. The lowest BCUT2D eigenvalue weighted by Gasteiger charge is -2.21. The second-order valence-electron chi connectivity index (χ2n) is 3.60. The fourth-order valence-electron chi connectivity index (χ4n) is 1.16. The third kappa shape index (κ3) is 7.58. The van der Waals surface area contributed by atoms with E-state index in [9.17, 15) is 13.2 Å². The molecular weight excluding hydrogens is 211 g/mol. The van der Waals surface area contributed by atoms with E-state index in [4.69, 9.17) is 10.2 Å². The van der Waals surface area contributed by atoms with Gasteiger partial charge in [-0.15, -0.1) is 0 Å². The maximum absolute atomic E-state index is 11.9. The molecule has 1 atom stereocenters. The minimum absolute atomic E-state index is 0.106. The zero-order chi connectivity index (χ0) is 11.9. The molecule has 6 heteroatoms. The van der Waals surface area contributed by atoms with Gasteiger partial charge in [0.25, 0.3) is 0 Å². The highest BCUT2D eigenvalue weighted by molar-refractivity contribution is 4.68. The lowest BCUT2D eigenvalue weighted by atomic mass is 10.2. The standard InChI is InChI=1S/C9H18F3NO2/c1-13(5-3-2-4-6-14)7-8(15)9(10,11)12/h8,14-15H,2-7H2,1H3. The first-order valence-corrected chi connectivity index (χ1v) is 4.92. The summed E-state index contributed by atoms with van der Waals surface area (Å²) in [7, 11) is 1.54. The van der Waals surface area contributed by atoms with Crippen molar-refractivity contribution in [2.24, 2.45) is 0 Å². The van der Waals surface area contributed by atoms with E-state index in [0.717, 1.165) is 12.8 Å². The normalized spacial score (nSPS) is 14.6. The molecule has 0 spiro atoms. The molecule has 0 aliphatic rings. The van der Waals surface area contributed by atoms with Crippen molar-refractivity contribution in [3.05, 3.63) is 0 Å². The molecule has 1 unspecified atom stereocenters. The van der Waals surface area contributed by atoms with Crippen LogP contribution in [-0.2, 0) is 0 Å². The number of hydrogen-bond donors (Lipinski definition) is 2. The largest absolute Gasteiger partial charge is 0.415 e. The molecule has 0 aliphatic carbocycles. The van der Waals surface area contributed by atoms with Crippen molar-refractivity contribution in [1.82, 2.24) is 4.90 Å².